The number of alkyl halides is 6. The Morgan fingerprint density at radius 2 is 0.762 bits per heavy atom. The molecule has 0 saturated heterocycles. The molecule has 2 N–H and O–H groups in total. The van der Waals surface area contributed by atoms with Gasteiger partial charge in [0.1, 0.15) is 22.8 Å². The maximum Gasteiger partial charge on any atom is 0.432 e. The zero-order valence-corrected chi connectivity index (χ0v) is 21.3. The molecule has 12 heteroatoms. The molecule has 0 atom stereocenters. The Morgan fingerprint density at radius 3 is 1.12 bits per heavy atom. The van der Waals surface area contributed by atoms with Crippen LogP contribution in [0.3, 0.4) is 0 Å². The molecule has 4 heterocycles. The van der Waals surface area contributed by atoms with Gasteiger partial charge in [-0.1, -0.05) is 60.7 Å². The molecule has 6 aromatic rings. The van der Waals surface area contributed by atoms with E-state index in [-0.39, 0.29) is 22.8 Å². The van der Waals surface area contributed by atoms with Crippen molar-refractivity contribution in [2.24, 2.45) is 0 Å². The maximum absolute atomic E-state index is 13.1. The van der Waals surface area contributed by atoms with Gasteiger partial charge in [0, 0.05) is 11.1 Å². The van der Waals surface area contributed by atoms with Crippen molar-refractivity contribution < 1.29 is 26.3 Å². The average Bonchev–Trinajstić information content (AvgIpc) is 3.69. The third-order valence-corrected chi connectivity index (χ3v) is 6.49. The summed E-state index contributed by atoms with van der Waals surface area (Å²) < 4.78 is 78.6. The van der Waals surface area contributed by atoms with Crippen LogP contribution in [0.15, 0.2) is 97.1 Å². The van der Waals surface area contributed by atoms with E-state index in [4.69, 9.17) is 0 Å². The molecule has 0 unspecified atom stereocenters. The van der Waals surface area contributed by atoms with Crippen LogP contribution in [-0.4, -0.2) is 30.4 Å². The van der Waals surface area contributed by atoms with Crippen LogP contribution in [0.25, 0.3) is 56.4 Å². The molecule has 0 fully saturated rings. The van der Waals surface area contributed by atoms with Crippen LogP contribution >= 0.6 is 0 Å². The van der Waals surface area contributed by atoms with Crippen LogP contribution in [0.2, 0.25) is 0 Å². The number of pyridine rings is 2. The van der Waals surface area contributed by atoms with Crippen molar-refractivity contribution in [1.82, 2.24) is 30.4 Å². The van der Waals surface area contributed by atoms with Gasteiger partial charge in [-0.25, -0.2) is 9.97 Å². The van der Waals surface area contributed by atoms with Gasteiger partial charge in [-0.3, -0.25) is 10.2 Å². The van der Waals surface area contributed by atoms with Crippen LogP contribution in [0.1, 0.15) is 11.4 Å². The Morgan fingerprint density at radius 1 is 0.405 bits per heavy atom. The van der Waals surface area contributed by atoms with Crippen molar-refractivity contribution in [3.63, 3.8) is 0 Å². The average molecular weight is 577 g/mol. The van der Waals surface area contributed by atoms with Gasteiger partial charge in [-0.2, -0.15) is 36.5 Å². The highest BCUT2D eigenvalue weighted by molar-refractivity contribution is 5.90. The van der Waals surface area contributed by atoms with Crippen molar-refractivity contribution in [2.75, 3.05) is 0 Å². The van der Waals surface area contributed by atoms with Crippen LogP contribution in [0.4, 0.5) is 26.3 Å². The van der Waals surface area contributed by atoms with E-state index in [2.05, 4.69) is 20.2 Å². The molecule has 0 radical (unpaired) electrons. The number of halogens is 6. The third-order valence-electron chi connectivity index (χ3n) is 6.49. The van der Waals surface area contributed by atoms with E-state index in [9.17, 15) is 26.3 Å². The second kappa shape index (κ2) is 10.3. The molecule has 0 saturated carbocycles. The quantitative estimate of drug-likeness (QED) is 0.202. The fraction of sp³-hybridized carbons (Fsp3) is 0.0667. The van der Waals surface area contributed by atoms with Gasteiger partial charge in [0.05, 0.1) is 22.8 Å². The molecule has 0 aliphatic heterocycles. The van der Waals surface area contributed by atoms with Crippen molar-refractivity contribution in [3.05, 3.63) is 108 Å². The summed E-state index contributed by atoms with van der Waals surface area (Å²) in [4.78, 5) is 9.21. The Balaban J connectivity index is 1.41. The molecule has 2 aromatic carbocycles. The number of aromatic nitrogens is 6. The first kappa shape index (κ1) is 26.9. The molecule has 0 aliphatic rings. The standard InChI is InChI=1S/C30H18F6N6/c31-29(32,33)27-15-25(39-41-27)23-13-5-11-21(37-23)19-9-3-1-7-17(19)18-8-2-4-10-20(18)22-12-6-14-24(38-22)26-16-28(42-40-26)30(34,35)36/h1-16H,(H,39,41)(H,40,42). The smallest absolute Gasteiger partial charge is 0.273 e. The number of aromatic amines is 2. The lowest BCUT2D eigenvalue weighted by Gasteiger charge is -2.14. The SMILES string of the molecule is FC(F)(F)c1cc(-c2cccc(-c3ccccc3-c3ccccc3-c3cccc(-c4cc(C(F)(F)F)[nH]n4)n3)n2)n[nH]1. The van der Waals surface area contributed by atoms with Gasteiger partial charge in [0.2, 0.25) is 0 Å². The lowest BCUT2D eigenvalue weighted by Crippen LogP contribution is -2.04. The summed E-state index contributed by atoms with van der Waals surface area (Å²) in [5, 5.41) is 11.6. The van der Waals surface area contributed by atoms with Gasteiger partial charge < -0.3 is 0 Å². The number of rotatable bonds is 5. The second-order valence-corrected chi connectivity index (χ2v) is 9.24. The number of nitrogens with zero attached hydrogens (tertiary/aromatic N) is 4. The summed E-state index contributed by atoms with van der Waals surface area (Å²) in [5.41, 5.74) is 2.63. The van der Waals surface area contributed by atoms with Gasteiger partial charge >= 0.3 is 12.4 Å². The second-order valence-electron chi connectivity index (χ2n) is 9.24. The zero-order valence-electron chi connectivity index (χ0n) is 21.3. The fourth-order valence-electron chi connectivity index (χ4n) is 4.53. The highest BCUT2D eigenvalue weighted by atomic mass is 19.4. The fourth-order valence-corrected chi connectivity index (χ4v) is 4.53. The summed E-state index contributed by atoms with van der Waals surface area (Å²) in [5.74, 6) is 0. The molecule has 0 spiro atoms. The van der Waals surface area contributed by atoms with Crippen LogP contribution in [0.5, 0.6) is 0 Å². The van der Waals surface area contributed by atoms with Gasteiger partial charge in [-0.15, -0.1) is 0 Å². The first-order valence-corrected chi connectivity index (χ1v) is 12.5. The lowest BCUT2D eigenvalue weighted by molar-refractivity contribution is -0.142. The highest BCUT2D eigenvalue weighted by Crippen LogP contribution is 2.38. The van der Waals surface area contributed by atoms with Crippen LogP contribution in [0, 0.1) is 0 Å². The molecule has 0 amide bonds. The topological polar surface area (TPSA) is 83.1 Å². The molecular formula is C30H18F6N6. The van der Waals surface area contributed by atoms with Crippen molar-refractivity contribution in [2.45, 2.75) is 12.4 Å². The molecule has 0 aliphatic carbocycles. The minimum atomic E-state index is -4.57. The summed E-state index contributed by atoms with van der Waals surface area (Å²) in [7, 11) is 0. The van der Waals surface area contributed by atoms with E-state index in [1.807, 2.05) is 58.7 Å². The van der Waals surface area contributed by atoms with Crippen LogP contribution in [-0.2, 0) is 12.4 Å². The number of hydrogen-bond donors (Lipinski definition) is 2. The van der Waals surface area contributed by atoms with E-state index in [0.717, 1.165) is 23.3 Å². The summed E-state index contributed by atoms with van der Waals surface area (Å²) in [6, 6.07) is 26.6. The summed E-state index contributed by atoms with van der Waals surface area (Å²) in [6.07, 6.45) is -9.13. The van der Waals surface area contributed by atoms with Crippen molar-refractivity contribution in [1.29, 1.82) is 0 Å². The molecule has 6 nitrogen and oxygen atoms in total. The Bertz CT molecular complexity index is 1750. The largest absolute Gasteiger partial charge is 0.432 e. The first-order chi connectivity index (χ1) is 20.1. The van der Waals surface area contributed by atoms with E-state index in [0.29, 0.717) is 22.5 Å². The predicted octanol–water partition coefficient (Wildman–Crippen LogP) is 8.30. The monoisotopic (exact) mass is 576 g/mol. The van der Waals surface area contributed by atoms with Crippen LogP contribution < -0.4 is 0 Å². The van der Waals surface area contributed by atoms with E-state index in [1.165, 1.54) is 0 Å². The van der Waals surface area contributed by atoms with Crippen molar-refractivity contribution in [3.8, 4) is 56.4 Å². The Labute approximate surface area is 234 Å². The minimum Gasteiger partial charge on any atom is -0.273 e. The van der Waals surface area contributed by atoms with Gasteiger partial charge in [0.25, 0.3) is 0 Å². The summed E-state index contributed by atoms with van der Waals surface area (Å²) in [6.45, 7) is 0. The summed E-state index contributed by atoms with van der Waals surface area (Å²) >= 11 is 0. The molecule has 6 rings (SSSR count). The maximum atomic E-state index is 13.1. The lowest BCUT2D eigenvalue weighted by atomic mass is 9.92. The number of benzene rings is 2. The minimum absolute atomic E-state index is 0.0510. The first-order valence-electron chi connectivity index (χ1n) is 12.5. The Kier molecular flexibility index (Phi) is 6.60. The third kappa shape index (κ3) is 5.26. The number of hydrogen-bond acceptors (Lipinski definition) is 4. The number of nitrogens with one attached hydrogen (secondary N) is 2. The molecule has 0 bridgehead atoms. The van der Waals surface area contributed by atoms with Gasteiger partial charge in [0.15, 0.2) is 0 Å². The van der Waals surface area contributed by atoms with Gasteiger partial charge in [-0.05, 0) is 47.5 Å². The van der Waals surface area contributed by atoms with Crippen molar-refractivity contribution >= 4 is 0 Å². The normalized spacial score (nSPS) is 12.0. The predicted molar refractivity (Wildman–Crippen MR) is 144 cm³/mol. The zero-order chi connectivity index (χ0) is 29.5. The highest BCUT2D eigenvalue weighted by Gasteiger charge is 2.34. The van der Waals surface area contributed by atoms with E-state index < -0.39 is 23.7 Å². The molecule has 42 heavy (non-hydrogen) atoms. The Hall–Kier alpha value is -5.26. The van der Waals surface area contributed by atoms with E-state index in [1.54, 1.807) is 36.4 Å². The number of H-pyrrole nitrogens is 2. The molecule has 210 valence electrons. The molecular weight excluding hydrogens is 558 g/mol. The molecule has 4 aromatic heterocycles. The van der Waals surface area contributed by atoms with E-state index >= 15 is 0 Å².